The maximum atomic E-state index is 5.27. The number of aryl methyl sites for hydroxylation is 1. The number of hydrogen-bond donors (Lipinski definition) is 1. The van der Waals surface area contributed by atoms with Crippen molar-refractivity contribution in [2.75, 3.05) is 14.2 Å². The van der Waals surface area contributed by atoms with Gasteiger partial charge < -0.3 is 14.5 Å². The third kappa shape index (κ3) is 7.21. The molecule has 0 unspecified atom stereocenters. The normalized spacial score (nSPS) is 14.4. The van der Waals surface area contributed by atoms with Gasteiger partial charge in [-0.15, -0.1) is 0 Å². The van der Waals surface area contributed by atoms with Gasteiger partial charge in [-0.1, -0.05) is 60.7 Å². The van der Waals surface area contributed by atoms with Crippen molar-refractivity contribution in [2.45, 2.75) is 26.7 Å². The van der Waals surface area contributed by atoms with E-state index in [1.165, 1.54) is 20.4 Å². The maximum absolute atomic E-state index is 5.27. The average Bonchev–Trinajstić information content (AvgIpc) is 3.56. The molecule has 1 aliphatic rings. The number of nitrogens with zero attached hydrogens (tertiary/aromatic N) is 1. The van der Waals surface area contributed by atoms with Crippen LogP contribution in [0.25, 0.3) is 17.7 Å². The predicted molar refractivity (Wildman–Crippen MR) is 184 cm³/mol. The largest absolute Gasteiger partial charge is 0.497 e. The van der Waals surface area contributed by atoms with E-state index in [9.17, 15) is 0 Å². The zero-order valence-electron chi connectivity index (χ0n) is 24.4. The van der Waals surface area contributed by atoms with Gasteiger partial charge in [-0.3, -0.25) is 4.99 Å². The van der Waals surface area contributed by atoms with E-state index in [0.717, 1.165) is 63.7 Å². The molecule has 42 heavy (non-hydrogen) atoms. The Morgan fingerprint density at radius 3 is 1.93 bits per heavy atom. The van der Waals surface area contributed by atoms with Gasteiger partial charge in [0.1, 0.15) is 11.5 Å². The van der Waals surface area contributed by atoms with Crippen LogP contribution >= 0.6 is 22.6 Å². The summed E-state index contributed by atoms with van der Waals surface area (Å²) in [5.74, 6) is 1.73. The van der Waals surface area contributed by atoms with Gasteiger partial charge in [0.15, 0.2) is 0 Å². The lowest BCUT2D eigenvalue weighted by Gasteiger charge is -2.12. The van der Waals surface area contributed by atoms with Crippen LogP contribution in [0.1, 0.15) is 47.0 Å². The topological polar surface area (TPSA) is 46.6 Å². The van der Waals surface area contributed by atoms with E-state index >= 15 is 0 Å². The molecule has 4 aromatic rings. The Morgan fingerprint density at radius 1 is 0.786 bits per heavy atom. The second-order valence-electron chi connectivity index (χ2n) is 10.3. The Morgan fingerprint density at radius 2 is 1.36 bits per heavy atom. The number of ether oxygens (including phenoxy) is 2. The smallest absolute Gasteiger partial charge is 0.118 e. The van der Waals surface area contributed by atoms with Crippen LogP contribution < -0.4 is 9.47 Å². The molecule has 0 spiro atoms. The number of methoxy groups -OCH3 is 2. The standard InChI is InChI=1S/C37H35IN2O2/c1-25-23-31(9-5-7-27-11-19-33(41-3)20-12-27)39-36(25)35(29-15-17-30(38)18-16-29)37-26(2)24-32(40-37)10-6-8-28-13-21-34(42-4)22-14-28/h5-8,11-24,39H,9-10H2,1-4H3/b7-5+,8-6+,37-35-. The highest BCUT2D eigenvalue weighted by molar-refractivity contribution is 14.1. The Balaban J connectivity index is 1.42. The number of aliphatic imine (C=N–C) groups is 1. The molecule has 1 aliphatic heterocycles. The molecule has 0 bridgehead atoms. The first-order chi connectivity index (χ1) is 20.4. The first-order valence-electron chi connectivity index (χ1n) is 14.0. The fraction of sp³-hybridized carbons (Fsp3) is 0.162. The van der Waals surface area contributed by atoms with Crippen molar-refractivity contribution in [3.63, 3.8) is 0 Å². The number of aromatic amines is 1. The summed E-state index contributed by atoms with van der Waals surface area (Å²) in [5.41, 5.74) is 11.3. The lowest BCUT2D eigenvalue weighted by molar-refractivity contribution is 0.414. The molecule has 3 aromatic carbocycles. The van der Waals surface area contributed by atoms with Gasteiger partial charge >= 0.3 is 0 Å². The number of hydrogen-bond acceptors (Lipinski definition) is 3. The number of rotatable bonds is 10. The van der Waals surface area contributed by atoms with Crippen molar-refractivity contribution < 1.29 is 9.47 Å². The zero-order chi connectivity index (χ0) is 29.5. The van der Waals surface area contributed by atoms with Crippen LogP contribution in [0.3, 0.4) is 0 Å². The molecule has 2 heterocycles. The molecule has 0 aliphatic carbocycles. The van der Waals surface area contributed by atoms with E-state index in [0.29, 0.717) is 0 Å². The quantitative estimate of drug-likeness (QED) is 0.172. The predicted octanol–water partition coefficient (Wildman–Crippen LogP) is 9.46. The van der Waals surface area contributed by atoms with Crippen LogP contribution in [-0.2, 0) is 6.42 Å². The van der Waals surface area contributed by atoms with Crippen LogP contribution in [0.4, 0.5) is 0 Å². The highest BCUT2D eigenvalue weighted by Crippen LogP contribution is 2.36. The van der Waals surface area contributed by atoms with Gasteiger partial charge in [0.2, 0.25) is 0 Å². The number of H-pyrrole nitrogens is 1. The lowest BCUT2D eigenvalue weighted by atomic mass is 9.96. The van der Waals surface area contributed by atoms with E-state index < -0.39 is 0 Å². The summed E-state index contributed by atoms with van der Waals surface area (Å²) in [4.78, 5) is 8.89. The summed E-state index contributed by atoms with van der Waals surface area (Å²) in [6.07, 6.45) is 12.4. The molecule has 0 saturated heterocycles. The minimum atomic E-state index is 0.762. The molecular weight excluding hydrogens is 631 g/mol. The summed E-state index contributed by atoms with van der Waals surface area (Å²) in [5, 5.41) is 0. The van der Waals surface area contributed by atoms with Crippen LogP contribution in [0.2, 0.25) is 0 Å². The fourth-order valence-corrected chi connectivity index (χ4v) is 5.38. The molecule has 1 aromatic heterocycles. The van der Waals surface area contributed by atoms with Gasteiger partial charge in [-0.2, -0.15) is 0 Å². The Bertz CT molecular complexity index is 1680. The van der Waals surface area contributed by atoms with Crippen molar-refractivity contribution >= 4 is 46.0 Å². The van der Waals surface area contributed by atoms with Gasteiger partial charge in [0.05, 0.1) is 25.6 Å². The third-order valence-electron chi connectivity index (χ3n) is 7.22. The molecule has 5 heteroatoms. The van der Waals surface area contributed by atoms with E-state index in [2.05, 4.69) is 126 Å². The first-order valence-corrected chi connectivity index (χ1v) is 15.1. The first kappa shape index (κ1) is 29.4. The van der Waals surface area contributed by atoms with E-state index in [1.54, 1.807) is 14.2 Å². The molecule has 5 rings (SSSR count). The molecule has 0 fully saturated rings. The summed E-state index contributed by atoms with van der Waals surface area (Å²) < 4.78 is 11.7. The molecule has 0 amide bonds. The molecule has 0 saturated carbocycles. The third-order valence-corrected chi connectivity index (χ3v) is 7.94. The van der Waals surface area contributed by atoms with Crippen LogP contribution in [0.5, 0.6) is 11.5 Å². The average molecular weight is 667 g/mol. The van der Waals surface area contributed by atoms with E-state index in [4.69, 9.17) is 14.5 Å². The molecular formula is C37H35IN2O2. The molecule has 1 N–H and O–H groups in total. The van der Waals surface area contributed by atoms with Gasteiger partial charge in [0, 0.05) is 33.4 Å². The summed E-state index contributed by atoms with van der Waals surface area (Å²) in [6.45, 7) is 4.33. The second kappa shape index (κ2) is 13.7. The van der Waals surface area contributed by atoms with Gasteiger partial charge in [0.25, 0.3) is 0 Å². The summed E-state index contributed by atoms with van der Waals surface area (Å²) in [7, 11) is 3.37. The number of allylic oxidation sites excluding steroid dienone is 4. The van der Waals surface area contributed by atoms with E-state index in [-0.39, 0.29) is 0 Å². The Hall–Kier alpha value is -4.10. The second-order valence-corrected chi connectivity index (χ2v) is 11.5. The highest BCUT2D eigenvalue weighted by atomic mass is 127. The summed E-state index contributed by atoms with van der Waals surface area (Å²) >= 11 is 2.36. The van der Waals surface area contributed by atoms with Crippen LogP contribution in [0, 0.1) is 10.5 Å². The van der Waals surface area contributed by atoms with Gasteiger partial charge in [-0.05, 0) is 113 Å². The number of aromatic nitrogens is 1. The van der Waals surface area contributed by atoms with Crippen molar-refractivity contribution in [3.05, 3.63) is 146 Å². The number of benzene rings is 3. The van der Waals surface area contributed by atoms with Crippen molar-refractivity contribution in [1.82, 2.24) is 4.98 Å². The molecule has 0 atom stereocenters. The fourth-order valence-electron chi connectivity index (χ4n) is 5.02. The molecule has 0 radical (unpaired) electrons. The molecule has 212 valence electrons. The Kier molecular flexibility index (Phi) is 9.59. The molecule has 4 nitrogen and oxygen atoms in total. The van der Waals surface area contributed by atoms with E-state index in [1.807, 2.05) is 24.3 Å². The number of halogens is 1. The minimum Gasteiger partial charge on any atom is -0.497 e. The maximum Gasteiger partial charge on any atom is 0.118 e. The van der Waals surface area contributed by atoms with Crippen LogP contribution in [0.15, 0.2) is 113 Å². The van der Waals surface area contributed by atoms with Crippen molar-refractivity contribution in [3.8, 4) is 11.5 Å². The zero-order valence-corrected chi connectivity index (χ0v) is 26.6. The van der Waals surface area contributed by atoms with Crippen molar-refractivity contribution in [2.24, 2.45) is 4.99 Å². The minimum absolute atomic E-state index is 0.762. The van der Waals surface area contributed by atoms with Crippen molar-refractivity contribution in [1.29, 1.82) is 0 Å². The number of nitrogens with one attached hydrogen (secondary N) is 1. The van der Waals surface area contributed by atoms with Crippen LogP contribution in [-0.4, -0.2) is 24.9 Å². The summed E-state index contributed by atoms with van der Waals surface area (Å²) in [6, 6.07) is 27.1. The monoisotopic (exact) mass is 666 g/mol. The highest BCUT2D eigenvalue weighted by Gasteiger charge is 2.21. The van der Waals surface area contributed by atoms with Gasteiger partial charge in [-0.25, -0.2) is 0 Å². The lowest BCUT2D eigenvalue weighted by Crippen LogP contribution is -1.97. The SMILES string of the molecule is COc1ccc(/C=C/CC2=N/C(=C(/c3ccc(I)cc3)c3[nH]c(C/C=C/c4ccc(OC)cc4)cc3C)C(C)=C2)cc1. The Labute approximate surface area is 262 Å².